The summed E-state index contributed by atoms with van der Waals surface area (Å²) in [6, 6.07) is 18.2. The van der Waals surface area contributed by atoms with Gasteiger partial charge in [-0.25, -0.2) is 8.42 Å². The zero-order valence-electron chi connectivity index (χ0n) is 20.8. The van der Waals surface area contributed by atoms with Crippen molar-refractivity contribution in [3.05, 3.63) is 99.6 Å². The third-order valence-electron chi connectivity index (χ3n) is 5.72. The summed E-state index contributed by atoms with van der Waals surface area (Å²) >= 11 is 6.11. The van der Waals surface area contributed by atoms with Gasteiger partial charge in [0, 0.05) is 30.2 Å². The Hall–Kier alpha value is -3.96. The molecule has 3 aromatic rings. The molecule has 200 valence electrons. The molecule has 10 nitrogen and oxygen atoms in total. The number of non-ortho nitro benzene ring substituents is 1. The number of nitro groups is 1. The molecule has 0 heterocycles. The van der Waals surface area contributed by atoms with Gasteiger partial charge in [0.15, 0.2) is 0 Å². The minimum absolute atomic E-state index is 0.00280. The van der Waals surface area contributed by atoms with Crippen LogP contribution in [-0.4, -0.2) is 49.2 Å². The lowest BCUT2D eigenvalue weighted by atomic mass is 10.1. The fourth-order valence-corrected chi connectivity index (χ4v) is 5.37. The second-order valence-electron chi connectivity index (χ2n) is 8.32. The predicted molar refractivity (Wildman–Crippen MR) is 144 cm³/mol. The number of nitro benzene ring substituents is 1. The van der Waals surface area contributed by atoms with Gasteiger partial charge in [0.2, 0.25) is 11.8 Å². The molecule has 12 heteroatoms. The van der Waals surface area contributed by atoms with Crippen LogP contribution in [0, 0.1) is 10.1 Å². The first kappa shape index (κ1) is 28.6. The van der Waals surface area contributed by atoms with Crippen LogP contribution in [-0.2, 0) is 26.2 Å². The molecule has 0 unspecified atom stereocenters. The average molecular weight is 559 g/mol. The molecule has 0 aliphatic rings. The van der Waals surface area contributed by atoms with Gasteiger partial charge in [-0.3, -0.25) is 24.0 Å². The molecule has 0 saturated heterocycles. The number of benzene rings is 3. The smallest absolute Gasteiger partial charge is 0.269 e. The summed E-state index contributed by atoms with van der Waals surface area (Å²) in [6.07, 6.45) is 0. The van der Waals surface area contributed by atoms with Crippen molar-refractivity contribution in [2.24, 2.45) is 0 Å². The van der Waals surface area contributed by atoms with Gasteiger partial charge in [0.1, 0.15) is 12.6 Å². The molecule has 0 aliphatic carbocycles. The number of carbonyl (C=O) groups is 2. The Balaban J connectivity index is 2.04. The molecule has 0 aromatic heterocycles. The number of halogens is 1. The number of anilines is 1. The minimum Gasteiger partial charge on any atom is -0.355 e. The molecule has 0 saturated carbocycles. The van der Waals surface area contributed by atoms with Crippen molar-refractivity contribution in [1.82, 2.24) is 10.2 Å². The maximum atomic E-state index is 13.7. The minimum atomic E-state index is -4.26. The third-order valence-corrected chi connectivity index (χ3v) is 7.74. The Morgan fingerprint density at radius 2 is 1.68 bits per heavy atom. The van der Waals surface area contributed by atoms with Crippen molar-refractivity contribution in [2.75, 3.05) is 17.4 Å². The highest BCUT2D eigenvalue weighted by Gasteiger charge is 2.32. The topological polar surface area (TPSA) is 130 Å². The summed E-state index contributed by atoms with van der Waals surface area (Å²) in [6.45, 7) is 2.99. The van der Waals surface area contributed by atoms with E-state index >= 15 is 0 Å². The normalized spacial score (nSPS) is 11.9. The van der Waals surface area contributed by atoms with E-state index in [9.17, 15) is 28.1 Å². The van der Waals surface area contributed by atoms with E-state index in [2.05, 4.69) is 5.32 Å². The Kier molecular flexibility index (Phi) is 9.43. The fourth-order valence-electron chi connectivity index (χ4n) is 3.73. The number of likely N-dealkylation sites (N-methyl/N-ethyl adjacent to an activating group) is 1. The lowest BCUT2D eigenvalue weighted by molar-refractivity contribution is -0.384. The highest BCUT2D eigenvalue weighted by atomic mass is 35.5. The maximum Gasteiger partial charge on any atom is 0.269 e. The van der Waals surface area contributed by atoms with E-state index in [0.29, 0.717) is 17.1 Å². The number of nitrogens with one attached hydrogen (secondary N) is 1. The molecule has 0 radical (unpaired) electrons. The Bertz CT molecular complexity index is 1400. The SMILES string of the molecule is CCNC(=O)[C@H](C)N(Cc1cccc(Cl)c1)C(=O)CN(c1ccc([N+](=O)[O-])cc1)S(=O)(=O)c1ccccc1. The summed E-state index contributed by atoms with van der Waals surface area (Å²) in [7, 11) is -4.26. The molecule has 3 rings (SSSR count). The molecule has 38 heavy (non-hydrogen) atoms. The summed E-state index contributed by atoms with van der Waals surface area (Å²) in [5.74, 6) is -1.06. The predicted octanol–water partition coefficient (Wildman–Crippen LogP) is 4.00. The van der Waals surface area contributed by atoms with Crippen LogP contribution in [0.15, 0.2) is 83.8 Å². The fraction of sp³-hybridized carbons (Fsp3) is 0.231. The van der Waals surface area contributed by atoms with Crippen molar-refractivity contribution in [2.45, 2.75) is 31.3 Å². The van der Waals surface area contributed by atoms with E-state index in [4.69, 9.17) is 11.6 Å². The number of carbonyl (C=O) groups excluding carboxylic acids is 2. The van der Waals surface area contributed by atoms with Gasteiger partial charge in [-0.15, -0.1) is 0 Å². The molecule has 0 aliphatic heterocycles. The molecule has 2 amide bonds. The molecular formula is C26H27ClN4O6S. The first-order valence-electron chi connectivity index (χ1n) is 11.7. The monoisotopic (exact) mass is 558 g/mol. The number of sulfonamides is 1. The van der Waals surface area contributed by atoms with Gasteiger partial charge in [-0.1, -0.05) is 41.9 Å². The van der Waals surface area contributed by atoms with Crippen LogP contribution in [0.1, 0.15) is 19.4 Å². The van der Waals surface area contributed by atoms with E-state index < -0.39 is 39.3 Å². The van der Waals surface area contributed by atoms with Crippen molar-refractivity contribution in [3.8, 4) is 0 Å². The zero-order valence-corrected chi connectivity index (χ0v) is 22.4. The number of rotatable bonds is 11. The molecule has 0 bridgehead atoms. The molecule has 1 N–H and O–H groups in total. The molecular weight excluding hydrogens is 532 g/mol. The van der Waals surface area contributed by atoms with Crippen molar-refractivity contribution >= 4 is 44.8 Å². The van der Waals surface area contributed by atoms with Gasteiger partial charge in [-0.05, 0) is 55.8 Å². The number of nitrogens with zero attached hydrogens (tertiary/aromatic N) is 3. The van der Waals surface area contributed by atoms with Gasteiger partial charge >= 0.3 is 0 Å². The van der Waals surface area contributed by atoms with Crippen molar-refractivity contribution in [1.29, 1.82) is 0 Å². The molecule has 3 aromatic carbocycles. The first-order chi connectivity index (χ1) is 18.0. The Morgan fingerprint density at radius 1 is 1.03 bits per heavy atom. The second kappa shape index (κ2) is 12.5. The van der Waals surface area contributed by atoms with E-state index in [1.807, 2.05) is 0 Å². The first-order valence-corrected chi connectivity index (χ1v) is 13.5. The third kappa shape index (κ3) is 6.87. The van der Waals surface area contributed by atoms with Gasteiger partial charge in [0.25, 0.3) is 15.7 Å². The second-order valence-corrected chi connectivity index (χ2v) is 10.6. The number of amides is 2. The Morgan fingerprint density at radius 3 is 2.26 bits per heavy atom. The maximum absolute atomic E-state index is 13.7. The van der Waals surface area contributed by atoms with E-state index in [1.54, 1.807) is 56.3 Å². The Labute approximate surface area is 226 Å². The van der Waals surface area contributed by atoms with Crippen LogP contribution >= 0.6 is 11.6 Å². The zero-order chi connectivity index (χ0) is 27.9. The van der Waals surface area contributed by atoms with Crippen LogP contribution in [0.25, 0.3) is 0 Å². The molecule has 0 spiro atoms. The summed E-state index contributed by atoms with van der Waals surface area (Å²) < 4.78 is 28.2. The standard InChI is InChI=1S/C26H27ClN4O6S/c1-3-28-26(33)19(2)29(17-20-8-7-9-21(27)16-20)25(32)18-30(22-12-14-23(15-13-22)31(34)35)38(36,37)24-10-5-4-6-11-24/h4-16,19H,3,17-18H2,1-2H3,(H,28,33)/t19-/m0/s1. The summed E-state index contributed by atoms with van der Waals surface area (Å²) in [4.78, 5) is 38.1. The quantitative estimate of drug-likeness (QED) is 0.280. The van der Waals surface area contributed by atoms with Crippen molar-refractivity contribution < 1.29 is 22.9 Å². The highest BCUT2D eigenvalue weighted by molar-refractivity contribution is 7.92. The van der Waals surface area contributed by atoms with Gasteiger partial charge < -0.3 is 10.2 Å². The average Bonchev–Trinajstić information content (AvgIpc) is 2.90. The molecule has 1 atom stereocenters. The number of hydrogen-bond acceptors (Lipinski definition) is 6. The van der Waals surface area contributed by atoms with Gasteiger partial charge in [-0.2, -0.15) is 0 Å². The largest absolute Gasteiger partial charge is 0.355 e. The van der Waals surface area contributed by atoms with Crippen molar-refractivity contribution in [3.63, 3.8) is 0 Å². The lowest BCUT2D eigenvalue weighted by Crippen LogP contribution is -2.51. The van der Waals surface area contributed by atoms with Gasteiger partial charge in [0.05, 0.1) is 15.5 Å². The summed E-state index contributed by atoms with van der Waals surface area (Å²) in [5, 5.41) is 14.2. The van der Waals surface area contributed by atoms with E-state index in [1.165, 1.54) is 29.2 Å². The summed E-state index contributed by atoms with van der Waals surface area (Å²) in [5.41, 5.74) is 0.473. The van der Waals surface area contributed by atoms with E-state index in [0.717, 1.165) is 16.4 Å². The van der Waals surface area contributed by atoms with Crippen LogP contribution in [0.5, 0.6) is 0 Å². The number of hydrogen-bond donors (Lipinski definition) is 1. The van der Waals surface area contributed by atoms with Crippen LogP contribution < -0.4 is 9.62 Å². The molecule has 0 fully saturated rings. The van der Waals surface area contributed by atoms with Crippen LogP contribution in [0.2, 0.25) is 5.02 Å². The van der Waals surface area contributed by atoms with E-state index in [-0.39, 0.29) is 22.8 Å². The van der Waals surface area contributed by atoms with Crippen LogP contribution in [0.4, 0.5) is 11.4 Å². The highest BCUT2D eigenvalue weighted by Crippen LogP contribution is 2.26. The lowest BCUT2D eigenvalue weighted by Gasteiger charge is -2.32. The van der Waals surface area contributed by atoms with Crippen LogP contribution in [0.3, 0.4) is 0 Å².